The van der Waals surface area contributed by atoms with Gasteiger partial charge in [0, 0.05) is 19.0 Å². The molecule has 2 rings (SSSR count). The van der Waals surface area contributed by atoms with Crippen molar-refractivity contribution < 1.29 is 18.0 Å². The number of rotatable bonds is 4. The lowest BCUT2D eigenvalue weighted by Gasteiger charge is -2.24. The largest absolute Gasteiger partial charge is 0.416 e. The molecule has 1 fully saturated rings. The van der Waals surface area contributed by atoms with E-state index in [1.54, 1.807) is 11.0 Å². The van der Waals surface area contributed by atoms with Gasteiger partial charge in [0.25, 0.3) is 0 Å². The van der Waals surface area contributed by atoms with Gasteiger partial charge in [0.05, 0.1) is 17.2 Å². The average molecular weight is 324 g/mol. The second kappa shape index (κ2) is 7.03. The molecule has 1 aliphatic carbocycles. The van der Waals surface area contributed by atoms with Crippen molar-refractivity contribution in [2.75, 3.05) is 6.54 Å². The molecule has 0 atom stereocenters. The van der Waals surface area contributed by atoms with E-state index in [4.69, 9.17) is 5.26 Å². The summed E-state index contributed by atoms with van der Waals surface area (Å²) < 4.78 is 38.8. The fourth-order valence-electron chi connectivity index (χ4n) is 3.01. The zero-order valence-corrected chi connectivity index (χ0v) is 13.0. The van der Waals surface area contributed by atoms with E-state index in [1.165, 1.54) is 6.07 Å². The molecular formula is C17H19F3N2O. The van der Waals surface area contributed by atoms with Gasteiger partial charge in [-0.3, -0.25) is 4.79 Å². The summed E-state index contributed by atoms with van der Waals surface area (Å²) in [6.07, 6.45) is -0.761. The molecule has 1 amide bonds. The number of carbonyl (C=O) groups excluding carboxylic acids is 1. The summed E-state index contributed by atoms with van der Waals surface area (Å²) in [5.41, 5.74) is -0.556. The van der Waals surface area contributed by atoms with E-state index in [1.807, 2.05) is 6.92 Å². The van der Waals surface area contributed by atoms with Crippen LogP contribution in [0.15, 0.2) is 18.2 Å². The second-order valence-electron chi connectivity index (χ2n) is 5.86. The van der Waals surface area contributed by atoms with Crippen molar-refractivity contribution in [3.05, 3.63) is 34.9 Å². The van der Waals surface area contributed by atoms with Gasteiger partial charge >= 0.3 is 6.18 Å². The third kappa shape index (κ3) is 4.25. The number of alkyl halides is 3. The molecule has 0 heterocycles. The molecule has 0 N–H and O–H groups in total. The van der Waals surface area contributed by atoms with Gasteiger partial charge in [0.1, 0.15) is 0 Å². The van der Waals surface area contributed by atoms with Gasteiger partial charge < -0.3 is 4.90 Å². The van der Waals surface area contributed by atoms with Gasteiger partial charge in [-0.15, -0.1) is 0 Å². The van der Waals surface area contributed by atoms with Crippen molar-refractivity contribution in [3.8, 4) is 6.07 Å². The third-order valence-corrected chi connectivity index (χ3v) is 4.22. The number of hydrogen-bond acceptors (Lipinski definition) is 2. The highest BCUT2D eigenvalue weighted by molar-refractivity contribution is 5.79. The Morgan fingerprint density at radius 2 is 1.96 bits per heavy atom. The first-order chi connectivity index (χ1) is 10.8. The maximum atomic E-state index is 12.9. The first-order valence-electron chi connectivity index (χ1n) is 7.75. The summed E-state index contributed by atoms with van der Waals surface area (Å²) in [6, 6.07) is 5.02. The van der Waals surface area contributed by atoms with Crippen LogP contribution in [0.4, 0.5) is 13.2 Å². The van der Waals surface area contributed by atoms with Gasteiger partial charge in [-0.05, 0) is 43.5 Å². The van der Waals surface area contributed by atoms with Gasteiger partial charge in [0.2, 0.25) is 5.91 Å². The number of hydrogen-bond donors (Lipinski definition) is 0. The Kier molecular flexibility index (Phi) is 5.30. The molecular weight excluding hydrogens is 305 g/mol. The molecule has 23 heavy (non-hydrogen) atoms. The van der Waals surface area contributed by atoms with E-state index in [0.29, 0.717) is 12.1 Å². The van der Waals surface area contributed by atoms with Crippen molar-refractivity contribution in [2.24, 2.45) is 5.92 Å². The monoisotopic (exact) mass is 324 g/mol. The van der Waals surface area contributed by atoms with Crippen molar-refractivity contribution in [3.63, 3.8) is 0 Å². The summed E-state index contributed by atoms with van der Waals surface area (Å²) in [5, 5.41) is 8.93. The van der Waals surface area contributed by atoms with Crippen LogP contribution < -0.4 is 0 Å². The van der Waals surface area contributed by atoms with Crippen LogP contribution in [0.3, 0.4) is 0 Å². The maximum Gasteiger partial charge on any atom is 0.416 e. The van der Waals surface area contributed by atoms with Crippen molar-refractivity contribution in [2.45, 2.75) is 45.3 Å². The van der Waals surface area contributed by atoms with Crippen LogP contribution >= 0.6 is 0 Å². The summed E-state index contributed by atoms with van der Waals surface area (Å²) in [6.45, 7) is 2.35. The molecule has 1 saturated carbocycles. The Bertz CT molecular complexity index is 613. The van der Waals surface area contributed by atoms with Crippen LogP contribution in [0.5, 0.6) is 0 Å². The Balaban J connectivity index is 2.23. The number of benzene rings is 1. The van der Waals surface area contributed by atoms with E-state index >= 15 is 0 Å². The lowest BCUT2D eigenvalue weighted by molar-refractivity contribution is -0.137. The molecule has 0 aliphatic heterocycles. The van der Waals surface area contributed by atoms with Crippen molar-refractivity contribution >= 4 is 5.91 Å². The van der Waals surface area contributed by atoms with Crippen LogP contribution in [0, 0.1) is 17.2 Å². The molecule has 0 bridgehead atoms. The number of nitriles is 1. The number of halogens is 3. The Morgan fingerprint density at radius 1 is 1.30 bits per heavy atom. The summed E-state index contributed by atoms with van der Waals surface area (Å²) in [7, 11) is 0. The van der Waals surface area contributed by atoms with Gasteiger partial charge in [-0.25, -0.2) is 0 Å². The minimum atomic E-state index is -4.51. The minimum Gasteiger partial charge on any atom is -0.338 e. The van der Waals surface area contributed by atoms with Crippen LogP contribution in [0.25, 0.3) is 0 Å². The lowest BCUT2D eigenvalue weighted by atomic mass is 10.0. The molecule has 0 saturated heterocycles. The van der Waals surface area contributed by atoms with E-state index in [2.05, 4.69) is 0 Å². The van der Waals surface area contributed by atoms with Crippen molar-refractivity contribution in [1.29, 1.82) is 5.26 Å². The summed E-state index contributed by atoms with van der Waals surface area (Å²) in [4.78, 5) is 14.0. The highest BCUT2D eigenvalue weighted by atomic mass is 19.4. The molecule has 0 spiro atoms. The molecule has 3 nitrogen and oxygen atoms in total. The predicted molar refractivity (Wildman–Crippen MR) is 79.2 cm³/mol. The van der Waals surface area contributed by atoms with Gasteiger partial charge in [-0.2, -0.15) is 18.4 Å². The standard InChI is InChI=1S/C17H19F3N2O/c1-2-22(16(23)14-5-3-4-6-14)11-13-7-12(10-21)8-15(9-13)17(18,19)20/h7-9,14H,2-6,11H2,1H3. The minimum absolute atomic E-state index is 0.000851. The van der Waals surface area contributed by atoms with E-state index in [-0.39, 0.29) is 23.9 Å². The first-order valence-corrected chi connectivity index (χ1v) is 7.75. The fraction of sp³-hybridized carbons (Fsp3) is 0.529. The smallest absolute Gasteiger partial charge is 0.338 e. The number of nitrogens with zero attached hydrogens (tertiary/aromatic N) is 2. The Labute approximate surface area is 133 Å². The van der Waals surface area contributed by atoms with E-state index in [9.17, 15) is 18.0 Å². The molecule has 1 aromatic rings. The molecule has 1 aromatic carbocycles. The predicted octanol–water partition coefficient (Wildman–Crippen LogP) is 4.12. The first kappa shape index (κ1) is 17.3. The maximum absolute atomic E-state index is 12.9. The molecule has 0 aromatic heterocycles. The topological polar surface area (TPSA) is 44.1 Å². The quantitative estimate of drug-likeness (QED) is 0.836. The van der Waals surface area contributed by atoms with E-state index < -0.39 is 11.7 Å². The Hall–Kier alpha value is -2.03. The zero-order valence-electron chi connectivity index (χ0n) is 13.0. The van der Waals surface area contributed by atoms with Gasteiger partial charge in [-0.1, -0.05) is 12.8 Å². The molecule has 6 heteroatoms. The van der Waals surface area contributed by atoms with Crippen molar-refractivity contribution in [1.82, 2.24) is 4.90 Å². The SMILES string of the molecule is CCN(Cc1cc(C#N)cc(C(F)(F)F)c1)C(=O)C1CCCC1. The number of amides is 1. The highest BCUT2D eigenvalue weighted by Crippen LogP contribution is 2.31. The molecule has 1 aliphatic rings. The van der Waals surface area contributed by atoms with Crippen LogP contribution in [-0.2, 0) is 17.5 Å². The van der Waals surface area contributed by atoms with Crippen LogP contribution in [0.2, 0.25) is 0 Å². The van der Waals surface area contributed by atoms with Crippen LogP contribution in [0.1, 0.15) is 49.3 Å². The van der Waals surface area contributed by atoms with Crippen LogP contribution in [-0.4, -0.2) is 17.4 Å². The lowest BCUT2D eigenvalue weighted by Crippen LogP contribution is -2.34. The Morgan fingerprint density at radius 3 is 2.48 bits per heavy atom. The highest BCUT2D eigenvalue weighted by Gasteiger charge is 2.32. The average Bonchev–Trinajstić information content (AvgIpc) is 3.05. The normalized spacial score (nSPS) is 15.4. The third-order valence-electron chi connectivity index (χ3n) is 4.22. The van der Waals surface area contributed by atoms with Gasteiger partial charge in [0.15, 0.2) is 0 Å². The zero-order chi connectivity index (χ0) is 17.0. The summed E-state index contributed by atoms with van der Waals surface area (Å²) in [5.74, 6) is -0.0166. The molecule has 0 radical (unpaired) electrons. The molecule has 124 valence electrons. The number of carbonyl (C=O) groups is 1. The fourth-order valence-corrected chi connectivity index (χ4v) is 3.01. The summed E-state index contributed by atoms with van der Waals surface area (Å²) >= 11 is 0. The second-order valence-corrected chi connectivity index (χ2v) is 5.86. The molecule has 0 unspecified atom stereocenters. The van der Waals surface area contributed by atoms with E-state index in [0.717, 1.165) is 37.8 Å².